The second kappa shape index (κ2) is 10.1. The van der Waals surface area contributed by atoms with Gasteiger partial charge in [-0.3, -0.25) is 14.4 Å². The van der Waals surface area contributed by atoms with Crippen molar-refractivity contribution in [3.8, 4) is 0 Å². The van der Waals surface area contributed by atoms with Gasteiger partial charge in [-0.1, -0.05) is 42.5 Å². The summed E-state index contributed by atoms with van der Waals surface area (Å²) < 4.78 is 34.0. The van der Waals surface area contributed by atoms with Gasteiger partial charge < -0.3 is 15.5 Å². The van der Waals surface area contributed by atoms with Crippen molar-refractivity contribution in [3.63, 3.8) is 0 Å². The molecule has 1 atom stereocenters. The van der Waals surface area contributed by atoms with Crippen LogP contribution in [0.15, 0.2) is 59.0 Å². The fourth-order valence-electron chi connectivity index (χ4n) is 3.23. The van der Waals surface area contributed by atoms with E-state index >= 15 is 0 Å². The predicted molar refractivity (Wildman–Crippen MR) is 113 cm³/mol. The van der Waals surface area contributed by atoms with E-state index in [4.69, 9.17) is 10.2 Å². The van der Waals surface area contributed by atoms with E-state index in [2.05, 4.69) is 10.3 Å². The number of nitrogens with two attached hydrogens (primary N) is 1. The van der Waals surface area contributed by atoms with Crippen LogP contribution in [0.1, 0.15) is 41.9 Å². The van der Waals surface area contributed by atoms with Crippen molar-refractivity contribution in [1.82, 2.24) is 10.3 Å². The van der Waals surface area contributed by atoms with Crippen LogP contribution < -0.4 is 11.1 Å². The van der Waals surface area contributed by atoms with Gasteiger partial charge in [0.15, 0.2) is 5.58 Å². The average Bonchev–Trinajstić information content (AvgIpc) is 3.19. The smallest absolute Gasteiger partial charge is 0.266 e. The Hall–Kier alpha value is -3.62. The van der Waals surface area contributed by atoms with Crippen LogP contribution in [0.2, 0.25) is 0 Å². The van der Waals surface area contributed by atoms with Crippen LogP contribution >= 0.6 is 0 Å². The minimum Gasteiger partial charge on any atom is -0.434 e. The summed E-state index contributed by atoms with van der Waals surface area (Å²) in [5, 5.41) is 2.42. The van der Waals surface area contributed by atoms with Gasteiger partial charge in [0.1, 0.15) is 5.52 Å². The number of hydrogen-bond acceptors (Lipinski definition) is 5. The molecule has 3 N–H and O–H groups in total. The summed E-state index contributed by atoms with van der Waals surface area (Å²) in [4.78, 5) is 40.5. The van der Waals surface area contributed by atoms with E-state index in [1.54, 1.807) is 54.6 Å². The van der Waals surface area contributed by atoms with Crippen LogP contribution in [0, 0.1) is 0 Å². The van der Waals surface area contributed by atoms with Crippen LogP contribution in [0.25, 0.3) is 11.1 Å². The van der Waals surface area contributed by atoms with Crippen molar-refractivity contribution < 1.29 is 27.6 Å². The number of nitrogens with zero attached hydrogens (tertiary/aromatic N) is 1. The first-order valence-electron chi connectivity index (χ1n) is 10.1. The normalized spacial score (nSPS) is 12.4. The maximum atomic E-state index is 14.3. The molecule has 3 rings (SSSR count). The Morgan fingerprint density at radius 2 is 1.72 bits per heavy atom. The zero-order valence-corrected chi connectivity index (χ0v) is 17.2. The molecule has 2 amide bonds. The molecule has 0 bridgehead atoms. The summed E-state index contributed by atoms with van der Waals surface area (Å²) in [6, 6.07) is 13.8. The molecule has 9 heteroatoms. The summed E-state index contributed by atoms with van der Waals surface area (Å²) in [5.74, 6) is -5.39. The van der Waals surface area contributed by atoms with E-state index in [-0.39, 0.29) is 18.7 Å². The number of amides is 2. The van der Waals surface area contributed by atoms with Gasteiger partial charge in [0, 0.05) is 25.7 Å². The molecule has 0 saturated carbocycles. The molecule has 0 unspecified atom stereocenters. The van der Waals surface area contributed by atoms with E-state index in [1.807, 2.05) is 0 Å². The first-order chi connectivity index (χ1) is 15.2. The van der Waals surface area contributed by atoms with Gasteiger partial charge in [0.2, 0.25) is 17.6 Å². The van der Waals surface area contributed by atoms with Crippen molar-refractivity contribution in [1.29, 1.82) is 0 Å². The number of rotatable bonds is 11. The molecule has 0 aliphatic rings. The van der Waals surface area contributed by atoms with Gasteiger partial charge in [-0.15, -0.1) is 0 Å². The molecule has 0 aliphatic heterocycles. The van der Waals surface area contributed by atoms with E-state index in [0.717, 1.165) is 0 Å². The zero-order valence-electron chi connectivity index (χ0n) is 17.2. The lowest BCUT2D eigenvalue weighted by Gasteiger charge is -2.18. The molecule has 1 heterocycles. The first-order valence-corrected chi connectivity index (χ1v) is 10.1. The third kappa shape index (κ3) is 6.44. The van der Waals surface area contributed by atoms with E-state index in [1.165, 1.54) is 0 Å². The Labute approximate surface area is 183 Å². The number of primary amides is 1. The molecule has 0 radical (unpaired) electrons. The number of nitrogens with one attached hydrogen (secondary N) is 1. The van der Waals surface area contributed by atoms with Crippen LogP contribution in [0.5, 0.6) is 0 Å². The Bertz CT molecular complexity index is 1070. The summed E-state index contributed by atoms with van der Waals surface area (Å²) >= 11 is 0. The number of halogens is 2. The molecule has 0 saturated heterocycles. The Morgan fingerprint density at radius 3 is 2.41 bits per heavy atom. The van der Waals surface area contributed by atoms with Crippen molar-refractivity contribution in [2.24, 2.45) is 5.73 Å². The van der Waals surface area contributed by atoms with Gasteiger partial charge in [-0.05, 0) is 24.1 Å². The predicted octanol–water partition coefficient (Wildman–Crippen LogP) is 3.42. The SMILES string of the molecule is NC(=O)CC[C@H](NC(=O)CCC(F)(F)Cc1ccccc1)C(=O)c1nc2ccccc2o1. The Balaban J connectivity index is 1.64. The molecular formula is C23H23F2N3O4. The molecule has 0 fully saturated rings. The minimum absolute atomic E-state index is 0.0982. The molecule has 168 valence electrons. The highest BCUT2D eigenvalue weighted by Gasteiger charge is 2.31. The van der Waals surface area contributed by atoms with Crippen LogP contribution in [-0.4, -0.2) is 34.5 Å². The number of ketones is 1. The number of Topliss-reactive ketones (excluding diaryl/α,β-unsaturated/α-hetero) is 1. The van der Waals surface area contributed by atoms with Crippen LogP contribution in [0.4, 0.5) is 8.78 Å². The second-order valence-corrected chi connectivity index (χ2v) is 7.49. The Morgan fingerprint density at radius 1 is 1.03 bits per heavy atom. The number of para-hydroxylation sites is 2. The number of carbonyl (C=O) groups is 3. The maximum Gasteiger partial charge on any atom is 0.266 e. The number of fused-ring (bicyclic) bond motifs is 1. The van der Waals surface area contributed by atoms with E-state index in [0.29, 0.717) is 16.7 Å². The van der Waals surface area contributed by atoms with Crippen LogP contribution in [0.3, 0.4) is 0 Å². The van der Waals surface area contributed by atoms with Gasteiger partial charge in [-0.25, -0.2) is 13.8 Å². The van der Waals surface area contributed by atoms with Gasteiger partial charge in [-0.2, -0.15) is 0 Å². The zero-order chi connectivity index (χ0) is 23.1. The molecule has 32 heavy (non-hydrogen) atoms. The third-order valence-electron chi connectivity index (χ3n) is 4.86. The second-order valence-electron chi connectivity index (χ2n) is 7.49. The molecule has 0 spiro atoms. The molecule has 0 aliphatic carbocycles. The van der Waals surface area contributed by atoms with Crippen molar-refractivity contribution in [2.45, 2.75) is 44.1 Å². The standard InChI is InChI=1S/C23H23F2N3O4/c24-23(25,14-15-6-2-1-3-7-15)13-12-20(30)27-17(10-11-19(26)29)21(31)22-28-16-8-4-5-9-18(16)32-22/h1-9,17H,10-14H2,(H2,26,29)(H,27,30)/t17-/m0/s1. The third-order valence-corrected chi connectivity index (χ3v) is 4.86. The minimum atomic E-state index is -3.09. The number of aromatic nitrogens is 1. The highest BCUT2D eigenvalue weighted by molar-refractivity contribution is 6.00. The van der Waals surface area contributed by atoms with Crippen molar-refractivity contribution in [3.05, 3.63) is 66.1 Å². The highest BCUT2D eigenvalue weighted by atomic mass is 19.3. The lowest BCUT2D eigenvalue weighted by atomic mass is 10.0. The van der Waals surface area contributed by atoms with E-state index < -0.39 is 48.8 Å². The van der Waals surface area contributed by atoms with E-state index in [9.17, 15) is 23.2 Å². The molecule has 3 aromatic rings. The monoisotopic (exact) mass is 443 g/mol. The number of oxazole rings is 1. The molecule has 7 nitrogen and oxygen atoms in total. The maximum absolute atomic E-state index is 14.3. The lowest BCUT2D eigenvalue weighted by molar-refractivity contribution is -0.124. The Kier molecular flexibility index (Phi) is 7.29. The largest absolute Gasteiger partial charge is 0.434 e. The molecule has 1 aromatic heterocycles. The van der Waals surface area contributed by atoms with Gasteiger partial charge >= 0.3 is 0 Å². The summed E-state index contributed by atoms with van der Waals surface area (Å²) in [6.45, 7) is 0. The number of carbonyl (C=O) groups excluding carboxylic acids is 3. The van der Waals surface area contributed by atoms with Gasteiger partial charge in [0.05, 0.1) is 6.04 Å². The summed E-state index contributed by atoms with van der Waals surface area (Å²) in [6.07, 6.45) is -1.95. The molecule has 2 aromatic carbocycles. The van der Waals surface area contributed by atoms with Crippen molar-refractivity contribution in [2.75, 3.05) is 0 Å². The van der Waals surface area contributed by atoms with Gasteiger partial charge in [0.25, 0.3) is 11.8 Å². The first kappa shape index (κ1) is 23.1. The fraction of sp³-hybridized carbons (Fsp3) is 0.304. The average molecular weight is 443 g/mol. The summed E-state index contributed by atoms with van der Waals surface area (Å²) in [5.41, 5.74) is 6.46. The van der Waals surface area contributed by atoms with Crippen molar-refractivity contribution >= 4 is 28.7 Å². The highest BCUT2D eigenvalue weighted by Crippen LogP contribution is 2.25. The topological polar surface area (TPSA) is 115 Å². The quantitative estimate of drug-likeness (QED) is 0.441. The number of alkyl halides is 2. The fourth-order valence-corrected chi connectivity index (χ4v) is 3.23. The lowest BCUT2D eigenvalue weighted by Crippen LogP contribution is -2.42. The number of hydrogen-bond donors (Lipinski definition) is 2. The molecular weight excluding hydrogens is 420 g/mol. The van der Waals surface area contributed by atoms with Crippen LogP contribution in [-0.2, 0) is 16.0 Å². The summed E-state index contributed by atoms with van der Waals surface area (Å²) in [7, 11) is 0. The number of benzene rings is 2.